The summed E-state index contributed by atoms with van der Waals surface area (Å²) in [5.74, 6) is -3.16. The molecule has 2 nitrogen and oxygen atoms in total. The van der Waals surface area contributed by atoms with E-state index in [9.17, 15) is 8.78 Å². The van der Waals surface area contributed by atoms with Gasteiger partial charge in [0.15, 0.2) is 0 Å². The number of aliphatic hydroxyl groups is 1. The summed E-state index contributed by atoms with van der Waals surface area (Å²) in [6.07, 6.45) is 0. The van der Waals surface area contributed by atoms with E-state index in [4.69, 9.17) is 9.84 Å². The van der Waals surface area contributed by atoms with Crippen molar-refractivity contribution in [2.75, 3.05) is 13.2 Å². The molecule has 0 bridgehead atoms. The number of alkyl halides is 2. The van der Waals surface area contributed by atoms with Gasteiger partial charge in [0, 0.05) is 4.47 Å². The molecule has 1 aromatic rings. The van der Waals surface area contributed by atoms with Crippen LogP contribution in [0.15, 0.2) is 28.7 Å². The molecule has 0 saturated carbocycles. The second-order valence-corrected chi connectivity index (χ2v) is 4.05. The van der Waals surface area contributed by atoms with Crippen LogP contribution in [0.2, 0.25) is 0 Å². The van der Waals surface area contributed by atoms with Crippen molar-refractivity contribution in [1.29, 1.82) is 0 Å². The highest BCUT2D eigenvalue weighted by molar-refractivity contribution is 9.10. The van der Waals surface area contributed by atoms with Gasteiger partial charge in [-0.1, -0.05) is 28.1 Å². The molecule has 0 aliphatic rings. The first-order chi connectivity index (χ1) is 7.03. The van der Waals surface area contributed by atoms with Gasteiger partial charge in [0.2, 0.25) is 0 Å². The van der Waals surface area contributed by atoms with Gasteiger partial charge in [0.1, 0.15) is 13.2 Å². The van der Waals surface area contributed by atoms with Crippen molar-refractivity contribution < 1.29 is 18.6 Å². The molecule has 0 atom stereocenters. The van der Waals surface area contributed by atoms with E-state index < -0.39 is 19.1 Å². The zero-order valence-electron chi connectivity index (χ0n) is 7.92. The van der Waals surface area contributed by atoms with Gasteiger partial charge in [-0.2, -0.15) is 0 Å². The van der Waals surface area contributed by atoms with E-state index >= 15 is 0 Å². The van der Waals surface area contributed by atoms with Crippen molar-refractivity contribution in [3.05, 3.63) is 34.3 Å². The Kier molecular flexibility index (Phi) is 4.63. The smallest absolute Gasteiger partial charge is 0.293 e. The van der Waals surface area contributed by atoms with E-state index in [0.717, 1.165) is 10.0 Å². The van der Waals surface area contributed by atoms with E-state index in [1.807, 2.05) is 12.1 Å². The molecule has 1 N–H and O–H groups in total. The Morgan fingerprint density at radius 1 is 1.27 bits per heavy atom. The van der Waals surface area contributed by atoms with Crippen molar-refractivity contribution in [3.8, 4) is 0 Å². The summed E-state index contributed by atoms with van der Waals surface area (Å²) in [5.41, 5.74) is 0.812. The maximum atomic E-state index is 12.5. The molecule has 15 heavy (non-hydrogen) atoms. The molecular formula is C10H11BrF2O2. The summed E-state index contributed by atoms with van der Waals surface area (Å²) >= 11 is 3.26. The van der Waals surface area contributed by atoms with Crippen molar-refractivity contribution in [2.45, 2.75) is 12.5 Å². The molecule has 0 amide bonds. The minimum Gasteiger partial charge on any atom is -0.390 e. The maximum absolute atomic E-state index is 12.5. The molecule has 0 radical (unpaired) electrons. The van der Waals surface area contributed by atoms with Crippen LogP contribution in [0.3, 0.4) is 0 Å². The number of ether oxygens (including phenoxy) is 1. The Bertz CT molecular complexity index is 301. The normalized spacial score (nSPS) is 11.7. The molecule has 1 aromatic carbocycles. The summed E-state index contributed by atoms with van der Waals surface area (Å²) in [6.45, 7) is -1.84. The molecule has 1 rings (SSSR count). The third-order valence-corrected chi connectivity index (χ3v) is 2.26. The average Bonchev–Trinajstić information content (AvgIpc) is 2.21. The van der Waals surface area contributed by atoms with Gasteiger partial charge in [0.05, 0.1) is 6.61 Å². The van der Waals surface area contributed by atoms with Crippen molar-refractivity contribution in [3.63, 3.8) is 0 Å². The number of benzene rings is 1. The lowest BCUT2D eigenvalue weighted by molar-refractivity contribution is -0.111. The van der Waals surface area contributed by atoms with E-state index in [2.05, 4.69) is 15.9 Å². The zero-order chi connectivity index (χ0) is 11.3. The highest BCUT2D eigenvalue weighted by Gasteiger charge is 2.27. The maximum Gasteiger partial charge on any atom is 0.293 e. The SMILES string of the molecule is OCC(F)(F)COCc1ccc(Br)cc1. The third kappa shape index (κ3) is 4.68. The molecule has 0 saturated heterocycles. The number of hydrogen-bond acceptors (Lipinski definition) is 2. The lowest BCUT2D eigenvalue weighted by atomic mass is 10.2. The van der Waals surface area contributed by atoms with E-state index in [-0.39, 0.29) is 6.61 Å². The number of hydrogen-bond donors (Lipinski definition) is 1. The predicted octanol–water partition coefficient (Wildman–Crippen LogP) is 2.59. The summed E-state index contributed by atoms with van der Waals surface area (Å²) in [5, 5.41) is 8.29. The molecule has 0 aliphatic carbocycles. The minimum atomic E-state index is -3.16. The molecular weight excluding hydrogens is 270 g/mol. The van der Waals surface area contributed by atoms with Crippen LogP contribution in [0.1, 0.15) is 5.56 Å². The Balaban J connectivity index is 2.35. The Hall–Kier alpha value is -0.520. The third-order valence-electron chi connectivity index (χ3n) is 1.73. The highest BCUT2D eigenvalue weighted by atomic mass is 79.9. The zero-order valence-corrected chi connectivity index (χ0v) is 9.51. The fourth-order valence-electron chi connectivity index (χ4n) is 0.944. The van der Waals surface area contributed by atoms with Gasteiger partial charge in [-0.15, -0.1) is 0 Å². The first-order valence-corrected chi connectivity index (χ1v) is 5.14. The summed E-state index contributed by atoms with van der Waals surface area (Å²) in [4.78, 5) is 0. The van der Waals surface area contributed by atoms with Crippen LogP contribution in [0, 0.1) is 0 Å². The molecule has 0 spiro atoms. The lowest BCUT2D eigenvalue weighted by Crippen LogP contribution is -2.27. The van der Waals surface area contributed by atoms with E-state index in [1.165, 1.54) is 0 Å². The van der Waals surface area contributed by atoms with Crippen molar-refractivity contribution in [1.82, 2.24) is 0 Å². The van der Waals surface area contributed by atoms with Gasteiger partial charge in [-0.3, -0.25) is 0 Å². The second-order valence-electron chi connectivity index (χ2n) is 3.13. The second kappa shape index (κ2) is 5.53. The number of aliphatic hydroxyl groups excluding tert-OH is 1. The monoisotopic (exact) mass is 280 g/mol. The minimum absolute atomic E-state index is 0.114. The average molecular weight is 281 g/mol. The van der Waals surface area contributed by atoms with Crippen LogP contribution in [0.4, 0.5) is 8.78 Å². The first kappa shape index (κ1) is 12.5. The van der Waals surface area contributed by atoms with Gasteiger partial charge in [-0.25, -0.2) is 8.78 Å². The molecule has 0 aromatic heterocycles. The van der Waals surface area contributed by atoms with Crippen LogP contribution in [0.25, 0.3) is 0 Å². The largest absolute Gasteiger partial charge is 0.390 e. The predicted molar refractivity (Wildman–Crippen MR) is 55.8 cm³/mol. The van der Waals surface area contributed by atoms with Crippen molar-refractivity contribution in [2.24, 2.45) is 0 Å². The molecule has 0 aliphatic heterocycles. The van der Waals surface area contributed by atoms with Crippen LogP contribution in [-0.4, -0.2) is 24.2 Å². The molecule has 0 heterocycles. The van der Waals surface area contributed by atoms with Crippen LogP contribution in [-0.2, 0) is 11.3 Å². The summed E-state index contributed by atoms with van der Waals surface area (Å²) in [6, 6.07) is 7.17. The van der Waals surface area contributed by atoms with Crippen LogP contribution < -0.4 is 0 Å². The lowest BCUT2D eigenvalue weighted by Gasteiger charge is -2.13. The summed E-state index contributed by atoms with van der Waals surface area (Å²) < 4.78 is 30.8. The highest BCUT2D eigenvalue weighted by Crippen LogP contribution is 2.15. The number of rotatable bonds is 5. The van der Waals surface area contributed by atoms with E-state index in [0.29, 0.717) is 0 Å². The van der Waals surface area contributed by atoms with Gasteiger partial charge >= 0.3 is 0 Å². The first-order valence-electron chi connectivity index (χ1n) is 4.34. The molecule has 0 unspecified atom stereocenters. The number of halogens is 3. The standard InChI is InChI=1S/C10H11BrF2O2/c11-9-3-1-8(2-4-9)5-15-7-10(12,13)6-14/h1-4,14H,5-7H2. The Morgan fingerprint density at radius 2 is 1.87 bits per heavy atom. The molecule has 0 fully saturated rings. The quantitative estimate of drug-likeness (QED) is 0.899. The summed E-state index contributed by atoms with van der Waals surface area (Å²) in [7, 11) is 0. The molecule has 84 valence electrons. The Morgan fingerprint density at radius 3 is 2.40 bits per heavy atom. The molecule has 5 heteroatoms. The van der Waals surface area contributed by atoms with Gasteiger partial charge in [-0.05, 0) is 17.7 Å². The van der Waals surface area contributed by atoms with Gasteiger partial charge in [0.25, 0.3) is 5.92 Å². The van der Waals surface area contributed by atoms with Gasteiger partial charge < -0.3 is 9.84 Å². The fraction of sp³-hybridized carbons (Fsp3) is 0.400. The Labute approximate surface area is 95.0 Å². The van der Waals surface area contributed by atoms with Crippen LogP contribution >= 0.6 is 15.9 Å². The van der Waals surface area contributed by atoms with Crippen LogP contribution in [0.5, 0.6) is 0 Å². The fourth-order valence-corrected chi connectivity index (χ4v) is 1.21. The van der Waals surface area contributed by atoms with E-state index in [1.54, 1.807) is 12.1 Å². The van der Waals surface area contributed by atoms with Crippen molar-refractivity contribution >= 4 is 15.9 Å². The topological polar surface area (TPSA) is 29.5 Å².